The van der Waals surface area contributed by atoms with Crippen molar-refractivity contribution in [1.29, 1.82) is 0 Å². The monoisotopic (exact) mass is 430 g/mol. The summed E-state index contributed by atoms with van der Waals surface area (Å²) in [6, 6.07) is 23.8. The van der Waals surface area contributed by atoms with E-state index in [9.17, 15) is 9.59 Å². The van der Waals surface area contributed by atoms with Gasteiger partial charge in [0, 0.05) is 28.1 Å². The van der Waals surface area contributed by atoms with Crippen LogP contribution in [0.4, 0.5) is 11.4 Å². The fraction of sp³-hybridized carbons (Fsp3) is 0.154. The number of hydrogen-bond acceptors (Lipinski definition) is 2. The van der Waals surface area contributed by atoms with Crippen LogP contribution in [0.3, 0.4) is 0 Å². The van der Waals surface area contributed by atoms with Crippen LogP contribution >= 0.6 is 11.6 Å². The molecule has 0 heterocycles. The first-order valence-corrected chi connectivity index (χ1v) is 10.3. The Kier molecular flexibility index (Phi) is 7.12. The average molecular weight is 431 g/mol. The summed E-state index contributed by atoms with van der Waals surface area (Å²) >= 11 is 6.17. The van der Waals surface area contributed by atoms with Crippen molar-refractivity contribution in [3.63, 3.8) is 0 Å². The Morgan fingerprint density at radius 2 is 1.32 bits per heavy atom. The average Bonchev–Trinajstić information content (AvgIpc) is 2.79. The molecule has 3 rings (SSSR count). The lowest BCUT2D eigenvalue weighted by molar-refractivity contribution is -0.118. The molecule has 2 N–H and O–H groups in total. The Morgan fingerprint density at radius 3 is 1.90 bits per heavy atom. The molecule has 4 nitrogen and oxygen atoms in total. The Labute approximate surface area is 187 Å². The predicted octanol–water partition coefficient (Wildman–Crippen LogP) is 5.68. The van der Waals surface area contributed by atoms with E-state index in [0.717, 1.165) is 11.1 Å². The summed E-state index contributed by atoms with van der Waals surface area (Å²) in [5.41, 5.74) is 3.55. The smallest absolute Gasteiger partial charge is 0.255 e. The first kappa shape index (κ1) is 22.1. The van der Waals surface area contributed by atoms with Crippen molar-refractivity contribution in [1.82, 2.24) is 0 Å². The molecule has 1 unspecified atom stereocenters. The standard InChI is InChI=1S/C26H23ClN2O2/c1-3-26(2,27)25(31)29-23-17-13-21(14-18-23)24(30)28-22-15-11-20(12-16-22)10-9-19-7-5-4-6-8-19/h4-8,11-18H,3H2,1-2H3,(H,28,30)(H,29,31). The summed E-state index contributed by atoms with van der Waals surface area (Å²) in [5.74, 6) is 5.69. The van der Waals surface area contributed by atoms with Crippen molar-refractivity contribution in [3.8, 4) is 11.8 Å². The van der Waals surface area contributed by atoms with Gasteiger partial charge in [0.2, 0.25) is 5.91 Å². The van der Waals surface area contributed by atoms with Gasteiger partial charge in [-0.3, -0.25) is 9.59 Å². The van der Waals surface area contributed by atoms with E-state index in [1.807, 2.05) is 61.5 Å². The number of alkyl halides is 1. The third-order valence-electron chi connectivity index (χ3n) is 4.81. The highest BCUT2D eigenvalue weighted by atomic mass is 35.5. The van der Waals surface area contributed by atoms with Gasteiger partial charge in [0.25, 0.3) is 5.91 Å². The van der Waals surface area contributed by atoms with Gasteiger partial charge in [-0.05, 0) is 74.0 Å². The molecule has 0 aliphatic rings. The van der Waals surface area contributed by atoms with E-state index in [2.05, 4.69) is 22.5 Å². The Bertz CT molecular complexity index is 1110. The molecule has 0 spiro atoms. The molecule has 0 aromatic heterocycles. The topological polar surface area (TPSA) is 58.2 Å². The number of nitrogens with one attached hydrogen (secondary N) is 2. The first-order chi connectivity index (χ1) is 14.9. The SMILES string of the molecule is CCC(C)(Cl)C(=O)Nc1ccc(C(=O)Nc2ccc(C#Cc3ccccc3)cc2)cc1. The molecule has 2 amide bonds. The number of halogens is 1. The van der Waals surface area contributed by atoms with E-state index < -0.39 is 4.87 Å². The Balaban J connectivity index is 1.60. The number of amides is 2. The van der Waals surface area contributed by atoms with Crippen molar-refractivity contribution in [2.24, 2.45) is 0 Å². The van der Waals surface area contributed by atoms with Gasteiger partial charge in [-0.25, -0.2) is 0 Å². The van der Waals surface area contributed by atoms with Gasteiger partial charge in [0.05, 0.1) is 0 Å². The highest BCUT2D eigenvalue weighted by Crippen LogP contribution is 2.21. The van der Waals surface area contributed by atoms with Gasteiger partial charge in [-0.1, -0.05) is 37.0 Å². The van der Waals surface area contributed by atoms with E-state index in [0.29, 0.717) is 23.4 Å². The minimum atomic E-state index is -0.965. The lowest BCUT2D eigenvalue weighted by Crippen LogP contribution is -2.34. The summed E-state index contributed by atoms with van der Waals surface area (Å²) in [5, 5.41) is 5.62. The second-order valence-electron chi connectivity index (χ2n) is 7.23. The molecule has 5 heteroatoms. The van der Waals surface area contributed by atoms with Crippen LogP contribution in [-0.2, 0) is 4.79 Å². The van der Waals surface area contributed by atoms with Gasteiger partial charge in [0.1, 0.15) is 4.87 Å². The molecule has 0 fully saturated rings. The van der Waals surface area contributed by atoms with Gasteiger partial charge in [-0.15, -0.1) is 11.6 Å². The van der Waals surface area contributed by atoms with E-state index in [-0.39, 0.29) is 11.8 Å². The lowest BCUT2D eigenvalue weighted by atomic mass is 10.1. The van der Waals surface area contributed by atoms with Crippen LogP contribution in [0.2, 0.25) is 0 Å². The molecule has 0 radical (unpaired) electrons. The predicted molar refractivity (Wildman–Crippen MR) is 126 cm³/mol. The second kappa shape index (κ2) is 9.97. The third kappa shape index (κ3) is 6.21. The van der Waals surface area contributed by atoms with Crippen LogP contribution in [0.15, 0.2) is 78.9 Å². The van der Waals surface area contributed by atoms with Crippen molar-refractivity contribution in [3.05, 3.63) is 95.6 Å². The fourth-order valence-corrected chi connectivity index (χ4v) is 2.68. The van der Waals surface area contributed by atoms with Crippen LogP contribution in [0.25, 0.3) is 0 Å². The molecule has 31 heavy (non-hydrogen) atoms. The molecular formula is C26H23ClN2O2. The van der Waals surface area contributed by atoms with E-state index in [4.69, 9.17) is 11.6 Å². The summed E-state index contributed by atoms with van der Waals surface area (Å²) in [7, 11) is 0. The molecule has 156 valence electrons. The van der Waals surface area contributed by atoms with Crippen LogP contribution < -0.4 is 10.6 Å². The molecule has 3 aromatic rings. The summed E-state index contributed by atoms with van der Waals surface area (Å²) in [6.07, 6.45) is 0.511. The van der Waals surface area contributed by atoms with Crippen LogP contribution in [0.5, 0.6) is 0 Å². The van der Waals surface area contributed by atoms with Crippen molar-refractivity contribution < 1.29 is 9.59 Å². The zero-order valence-corrected chi connectivity index (χ0v) is 18.2. The summed E-state index contributed by atoms with van der Waals surface area (Å²) in [6.45, 7) is 3.52. The first-order valence-electron chi connectivity index (χ1n) is 9.96. The number of anilines is 2. The number of hydrogen-bond donors (Lipinski definition) is 2. The van der Waals surface area contributed by atoms with Crippen molar-refractivity contribution in [2.75, 3.05) is 10.6 Å². The number of benzene rings is 3. The van der Waals surface area contributed by atoms with Crippen LogP contribution in [0, 0.1) is 11.8 Å². The Morgan fingerprint density at radius 1 is 0.806 bits per heavy atom. The number of rotatable bonds is 5. The molecule has 0 aliphatic heterocycles. The molecule has 0 aliphatic carbocycles. The number of carbonyl (C=O) groups excluding carboxylic acids is 2. The lowest BCUT2D eigenvalue weighted by Gasteiger charge is -2.19. The molecule has 3 aromatic carbocycles. The van der Waals surface area contributed by atoms with Gasteiger partial charge < -0.3 is 10.6 Å². The van der Waals surface area contributed by atoms with Gasteiger partial charge in [-0.2, -0.15) is 0 Å². The maximum Gasteiger partial charge on any atom is 0.255 e. The van der Waals surface area contributed by atoms with E-state index in [1.165, 1.54) is 0 Å². The maximum atomic E-state index is 12.5. The fourth-order valence-electron chi connectivity index (χ4n) is 2.63. The summed E-state index contributed by atoms with van der Waals surface area (Å²) < 4.78 is 0. The maximum absolute atomic E-state index is 12.5. The molecular weight excluding hydrogens is 408 g/mol. The van der Waals surface area contributed by atoms with Crippen LogP contribution in [0.1, 0.15) is 41.8 Å². The zero-order valence-electron chi connectivity index (χ0n) is 17.4. The van der Waals surface area contributed by atoms with Gasteiger partial charge in [0.15, 0.2) is 0 Å². The highest BCUT2D eigenvalue weighted by molar-refractivity contribution is 6.36. The van der Waals surface area contributed by atoms with E-state index in [1.54, 1.807) is 31.2 Å². The largest absolute Gasteiger partial charge is 0.325 e. The molecule has 1 atom stereocenters. The zero-order chi connectivity index (χ0) is 22.3. The third-order valence-corrected chi connectivity index (χ3v) is 5.25. The molecule has 0 bridgehead atoms. The van der Waals surface area contributed by atoms with Crippen LogP contribution in [-0.4, -0.2) is 16.7 Å². The molecule has 0 saturated carbocycles. The number of carbonyl (C=O) groups is 2. The molecule has 0 saturated heterocycles. The second-order valence-corrected chi connectivity index (χ2v) is 8.06. The van der Waals surface area contributed by atoms with Crippen molar-refractivity contribution >= 4 is 34.8 Å². The Hall–Kier alpha value is -3.55. The minimum Gasteiger partial charge on any atom is -0.325 e. The summed E-state index contributed by atoms with van der Waals surface area (Å²) in [4.78, 5) is 23.7. The van der Waals surface area contributed by atoms with Crippen molar-refractivity contribution in [2.45, 2.75) is 25.1 Å². The quantitative estimate of drug-likeness (QED) is 0.404. The minimum absolute atomic E-state index is 0.239. The normalized spacial score (nSPS) is 12.1. The van der Waals surface area contributed by atoms with E-state index >= 15 is 0 Å². The van der Waals surface area contributed by atoms with Gasteiger partial charge >= 0.3 is 0 Å². The highest BCUT2D eigenvalue weighted by Gasteiger charge is 2.28.